The third-order valence-corrected chi connectivity index (χ3v) is 3.40. The molecule has 0 spiro atoms. The highest BCUT2D eigenvalue weighted by Gasteiger charge is 2.21. The summed E-state index contributed by atoms with van der Waals surface area (Å²) in [7, 11) is 0. The van der Waals surface area contributed by atoms with Crippen molar-refractivity contribution in [3.63, 3.8) is 0 Å². The lowest BCUT2D eigenvalue weighted by Gasteiger charge is -2.07. The van der Waals surface area contributed by atoms with Gasteiger partial charge in [-0.1, -0.05) is 6.07 Å². The van der Waals surface area contributed by atoms with Crippen molar-refractivity contribution in [3.8, 4) is 11.5 Å². The lowest BCUT2D eigenvalue weighted by atomic mass is 10.2. The first-order valence-corrected chi connectivity index (χ1v) is 6.71. The van der Waals surface area contributed by atoms with E-state index in [0.717, 1.165) is 5.56 Å². The smallest absolute Gasteiger partial charge is 0.199 e. The summed E-state index contributed by atoms with van der Waals surface area (Å²) in [6.45, 7) is 0.305. The Balaban J connectivity index is 1.97. The van der Waals surface area contributed by atoms with E-state index in [9.17, 15) is 4.39 Å². The fourth-order valence-electron chi connectivity index (χ4n) is 2.42. The summed E-state index contributed by atoms with van der Waals surface area (Å²) in [5.41, 5.74) is 7.63. The zero-order valence-corrected chi connectivity index (χ0v) is 11.7. The molecule has 0 fully saturated rings. The first-order chi connectivity index (χ1) is 11.2. The highest BCUT2D eigenvalue weighted by molar-refractivity contribution is 5.82. The maximum atomic E-state index is 14.3. The van der Waals surface area contributed by atoms with Gasteiger partial charge < -0.3 is 10.3 Å². The summed E-state index contributed by atoms with van der Waals surface area (Å²) in [4.78, 5) is 12.3. The Morgan fingerprint density at radius 3 is 2.74 bits per heavy atom. The van der Waals surface area contributed by atoms with E-state index in [1.54, 1.807) is 29.1 Å². The Hall–Kier alpha value is -3.36. The van der Waals surface area contributed by atoms with E-state index in [-0.39, 0.29) is 11.5 Å². The van der Waals surface area contributed by atoms with Gasteiger partial charge in [-0.15, -0.1) is 0 Å². The number of halogens is 1. The van der Waals surface area contributed by atoms with Crippen molar-refractivity contribution >= 4 is 16.9 Å². The number of imidazole rings is 1. The Morgan fingerprint density at radius 2 is 2.00 bits per heavy atom. The molecule has 0 aliphatic rings. The average molecular weight is 311 g/mol. The molecule has 0 aliphatic heterocycles. The monoisotopic (exact) mass is 311 g/mol. The molecule has 0 atom stereocenters. The predicted octanol–water partition coefficient (Wildman–Crippen LogP) is 1.65. The van der Waals surface area contributed by atoms with Crippen molar-refractivity contribution < 1.29 is 9.02 Å². The van der Waals surface area contributed by atoms with Gasteiger partial charge in [-0.3, -0.25) is 0 Å². The molecular weight excluding hydrogens is 301 g/mol. The minimum Gasteiger partial charge on any atom is -0.379 e. The highest BCUT2D eigenvalue weighted by atomic mass is 19.1. The minimum absolute atomic E-state index is 0.0891. The highest BCUT2D eigenvalue weighted by Crippen LogP contribution is 2.28. The Bertz CT molecular complexity index is 979. The first kappa shape index (κ1) is 13.3. The Labute approximate surface area is 128 Å². The van der Waals surface area contributed by atoms with Gasteiger partial charge in [0.25, 0.3) is 0 Å². The third-order valence-electron chi connectivity index (χ3n) is 3.40. The SMILES string of the molecule is Nc1nonc1-c1nc2cccc(F)c2n1Cc1cncnc1. The van der Waals surface area contributed by atoms with E-state index in [1.165, 1.54) is 12.4 Å². The van der Waals surface area contributed by atoms with Crippen LogP contribution in [0.3, 0.4) is 0 Å². The quantitative estimate of drug-likeness (QED) is 0.612. The number of para-hydroxylation sites is 1. The van der Waals surface area contributed by atoms with Gasteiger partial charge in [-0.05, 0) is 22.4 Å². The molecule has 0 radical (unpaired) electrons. The van der Waals surface area contributed by atoms with Crippen LogP contribution in [-0.2, 0) is 6.54 Å². The van der Waals surface area contributed by atoms with Crippen molar-refractivity contribution in [1.29, 1.82) is 0 Å². The topological polar surface area (TPSA) is 109 Å². The molecule has 9 heteroatoms. The van der Waals surface area contributed by atoms with Gasteiger partial charge in [0.05, 0.1) is 12.1 Å². The summed E-state index contributed by atoms with van der Waals surface area (Å²) in [5, 5.41) is 7.32. The van der Waals surface area contributed by atoms with Crippen molar-refractivity contribution in [2.75, 3.05) is 5.73 Å². The van der Waals surface area contributed by atoms with Crippen LogP contribution < -0.4 is 5.73 Å². The maximum absolute atomic E-state index is 14.3. The lowest BCUT2D eigenvalue weighted by molar-refractivity contribution is 0.310. The molecule has 4 rings (SSSR count). The zero-order chi connectivity index (χ0) is 15.8. The molecule has 0 saturated heterocycles. The van der Waals surface area contributed by atoms with E-state index in [4.69, 9.17) is 5.73 Å². The molecule has 0 aliphatic carbocycles. The summed E-state index contributed by atoms with van der Waals surface area (Å²) < 4.78 is 20.6. The number of anilines is 1. The number of nitrogens with zero attached hydrogens (tertiary/aromatic N) is 6. The fourth-order valence-corrected chi connectivity index (χ4v) is 2.42. The zero-order valence-electron chi connectivity index (χ0n) is 11.7. The largest absolute Gasteiger partial charge is 0.379 e. The van der Waals surface area contributed by atoms with Crippen molar-refractivity contribution in [1.82, 2.24) is 29.8 Å². The number of aromatic nitrogens is 6. The van der Waals surface area contributed by atoms with Crippen LogP contribution >= 0.6 is 0 Å². The Morgan fingerprint density at radius 1 is 1.17 bits per heavy atom. The molecule has 3 heterocycles. The number of nitrogens with two attached hydrogens (primary N) is 1. The standard InChI is InChI=1S/C14H10FN7O/c15-9-2-1-3-10-12(9)22(6-8-4-17-7-18-5-8)14(19-10)11-13(16)21-23-20-11/h1-5,7H,6H2,(H2,16,21). The van der Waals surface area contributed by atoms with E-state index in [1.807, 2.05) is 0 Å². The van der Waals surface area contributed by atoms with Gasteiger partial charge in [0.15, 0.2) is 17.3 Å². The van der Waals surface area contributed by atoms with Gasteiger partial charge in [-0.2, -0.15) is 0 Å². The van der Waals surface area contributed by atoms with Crippen LogP contribution in [0.4, 0.5) is 10.2 Å². The molecule has 4 aromatic rings. The molecule has 23 heavy (non-hydrogen) atoms. The number of hydrogen-bond donors (Lipinski definition) is 1. The van der Waals surface area contributed by atoms with Gasteiger partial charge in [-0.25, -0.2) is 24.0 Å². The Kier molecular flexibility index (Phi) is 2.97. The van der Waals surface area contributed by atoms with Crippen molar-refractivity contribution in [2.45, 2.75) is 6.54 Å². The minimum atomic E-state index is -0.395. The second kappa shape index (κ2) is 5.13. The molecule has 2 N–H and O–H groups in total. The van der Waals surface area contributed by atoms with Crippen LogP contribution in [0.15, 0.2) is 41.5 Å². The van der Waals surface area contributed by atoms with E-state index in [0.29, 0.717) is 23.4 Å². The normalized spacial score (nSPS) is 11.2. The molecule has 114 valence electrons. The van der Waals surface area contributed by atoms with Crippen LogP contribution in [0.2, 0.25) is 0 Å². The summed E-state index contributed by atoms with van der Waals surface area (Å²) in [6, 6.07) is 4.68. The molecular formula is C14H10FN7O. The summed E-state index contributed by atoms with van der Waals surface area (Å²) in [5.74, 6) is 0.0621. The first-order valence-electron chi connectivity index (χ1n) is 6.71. The van der Waals surface area contributed by atoms with Gasteiger partial charge in [0.2, 0.25) is 0 Å². The number of hydrogen-bond acceptors (Lipinski definition) is 7. The van der Waals surface area contributed by atoms with E-state index >= 15 is 0 Å². The third kappa shape index (κ3) is 2.18. The maximum Gasteiger partial charge on any atom is 0.199 e. The molecule has 1 aromatic carbocycles. The number of rotatable bonds is 3. The predicted molar refractivity (Wildman–Crippen MR) is 78.5 cm³/mol. The van der Waals surface area contributed by atoms with Crippen LogP contribution in [-0.4, -0.2) is 29.8 Å². The molecule has 0 saturated carbocycles. The summed E-state index contributed by atoms with van der Waals surface area (Å²) in [6.07, 6.45) is 4.72. The van der Waals surface area contributed by atoms with Crippen molar-refractivity contribution in [3.05, 3.63) is 48.3 Å². The second-order valence-electron chi connectivity index (χ2n) is 4.87. The van der Waals surface area contributed by atoms with Crippen LogP contribution in [0.25, 0.3) is 22.6 Å². The fraction of sp³-hybridized carbons (Fsp3) is 0.0714. The second-order valence-corrected chi connectivity index (χ2v) is 4.87. The van der Waals surface area contributed by atoms with Crippen LogP contribution in [0, 0.1) is 5.82 Å². The van der Waals surface area contributed by atoms with E-state index < -0.39 is 5.82 Å². The lowest BCUT2D eigenvalue weighted by Crippen LogP contribution is -2.05. The number of fused-ring (bicyclic) bond motifs is 1. The van der Waals surface area contributed by atoms with Gasteiger partial charge >= 0.3 is 0 Å². The molecule has 0 unspecified atom stereocenters. The number of benzene rings is 1. The van der Waals surface area contributed by atoms with E-state index in [2.05, 4.69) is 29.9 Å². The summed E-state index contributed by atoms with van der Waals surface area (Å²) >= 11 is 0. The molecule has 0 amide bonds. The molecule has 0 bridgehead atoms. The van der Waals surface area contributed by atoms with Crippen molar-refractivity contribution in [2.24, 2.45) is 0 Å². The number of nitrogen functional groups attached to an aromatic ring is 1. The average Bonchev–Trinajstić information content (AvgIpc) is 3.13. The molecule has 8 nitrogen and oxygen atoms in total. The van der Waals surface area contributed by atoms with Crippen LogP contribution in [0.1, 0.15) is 5.56 Å². The van der Waals surface area contributed by atoms with Crippen LogP contribution in [0.5, 0.6) is 0 Å². The molecule has 3 aromatic heterocycles. The van der Waals surface area contributed by atoms with Gasteiger partial charge in [0, 0.05) is 18.0 Å². The van der Waals surface area contributed by atoms with Gasteiger partial charge in [0.1, 0.15) is 17.7 Å².